The lowest BCUT2D eigenvalue weighted by Crippen LogP contribution is -2.07. The van der Waals surface area contributed by atoms with Crippen LogP contribution in [0, 0.1) is 6.92 Å². The van der Waals surface area contributed by atoms with Crippen LogP contribution in [0.3, 0.4) is 0 Å². The summed E-state index contributed by atoms with van der Waals surface area (Å²) < 4.78 is 7.65. The van der Waals surface area contributed by atoms with Gasteiger partial charge in [-0.05, 0) is 38.2 Å². The lowest BCUT2D eigenvalue weighted by molar-refractivity contribution is 0.435. The Kier molecular flexibility index (Phi) is 3.54. The second-order valence-corrected chi connectivity index (χ2v) is 5.90. The molecule has 102 valence electrons. The van der Waals surface area contributed by atoms with E-state index in [9.17, 15) is 0 Å². The molecule has 2 aromatic heterocycles. The average Bonchev–Trinajstić information content (AvgIpc) is 3.05. The van der Waals surface area contributed by atoms with E-state index in [1.807, 2.05) is 25.6 Å². The molecule has 1 aliphatic heterocycles. The first-order valence-corrected chi connectivity index (χ1v) is 7.76. The van der Waals surface area contributed by atoms with Crippen LogP contribution in [-0.4, -0.2) is 36.7 Å². The number of aryl methyl sites for hydroxylation is 2. The fourth-order valence-electron chi connectivity index (χ4n) is 2.33. The summed E-state index contributed by atoms with van der Waals surface area (Å²) in [5, 5.41) is 16.5. The number of hydrogen-bond donors (Lipinski definition) is 0. The van der Waals surface area contributed by atoms with Crippen molar-refractivity contribution in [2.45, 2.75) is 39.2 Å². The van der Waals surface area contributed by atoms with E-state index >= 15 is 0 Å². The molecule has 0 unspecified atom stereocenters. The summed E-state index contributed by atoms with van der Waals surface area (Å²) in [6.07, 6.45) is 2.24. The quantitative estimate of drug-likeness (QED) is 0.858. The zero-order chi connectivity index (χ0) is 13.2. The summed E-state index contributed by atoms with van der Waals surface area (Å²) in [6, 6.07) is 0. The zero-order valence-corrected chi connectivity index (χ0v) is 12.0. The average molecular weight is 279 g/mol. The van der Waals surface area contributed by atoms with Gasteiger partial charge in [-0.25, -0.2) is 4.68 Å². The molecule has 0 aliphatic carbocycles. The maximum absolute atomic E-state index is 5.86. The van der Waals surface area contributed by atoms with Gasteiger partial charge in [-0.1, -0.05) is 5.21 Å². The predicted octanol–water partition coefficient (Wildman–Crippen LogP) is 2.27. The van der Waals surface area contributed by atoms with Crippen molar-refractivity contribution in [1.82, 2.24) is 25.2 Å². The molecule has 3 heterocycles. The van der Waals surface area contributed by atoms with Gasteiger partial charge in [0.05, 0.1) is 5.69 Å². The van der Waals surface area contributed by atoms with Gasteiger partial charge in [0.1, 0.15) is 5.69 Å². The van der Waals surface area contributed by atoms with E-state index in [1.165, 1.54) is 11.5 Å². The minimum Gasteiger partial charge on any atom is -0.419 e. The molecule has 6 nitrogen and oxygen atoms in total. The summed E-state index contributed by atoms with van der Waals surface area (Å²) in [7, 11) is 0. The topological polar surface area (TPSA) is 69.6 Å². The van der Waals surface area contributed by atoms with Gasteiger partial charge < -0.3 is 4.42 Å². The molecule has 3 rings (SSSR count). The lowest BCUT2D eigenvalue weighted by Gasteiger charge is -2.17. The number of nitrogens with zero attached hydrogens (tertiary/aromatic N) is 5. The van der Waals surface area contributed by atoms with Gasteiger partial charge in [0.15, 0.2) is 0 Å². The van der Waals surface area contributed by atoms with Crippen molar-refractivity contribution in [2.24, 2.45) is 0 Å². The summed E-state index contributed by atoms with van der Waals surface area (Å²) in [6.45, 7) is 4.68. The van der Waals surface area contributed by atoms with E-state index in [1.54, 1.807) is 4.68 Å². The second kappa shape index (κ2) is 5.32. The summed E-state index contributed by atoms with van der Waals surface area (Å²) in [4.78, 5) is 0. The first kappa shape index (κ1) is 12.7. The van der Waals surface area contributed by atoms with E-state index in [-0.39, 0.29) is 0 Å². The van der Waals surface area contributed by atoms with Crippen LogP contribution < -0.4 is 0 Å². The van der Waals surface area contributed by atoms with Gasteiger partial charge in [0, 0.05) is 12.5 Å². The molecule has 0 atom stereocenters. The molecule has 0 saturated carbocycles. The molecule has 0 bridgehead atoms. The van der Waals surface area contributed by atoms with Crippen LogP contribution in [0.2, 0.25) is 0 Å². The van der Waals surface area contributed by atoms with Crippen LogP contribution in [0.1, 0.15) is 37.3 Å². The van der Waals surface area contributed by atoms with Gasteiger partial charge in [-0.15, -0.1) is 15.3 Å². The van der Waals surface area contributed by atoms with Crippen molar-refractivity contribution >= 4 is 11.8 Å². The minimum atomic E-state index is 0.411. The Morgan fingerprint density at radius 3 is 2.79 bits per heavy atom. The number of aromatic nitrogens is 5. The van der Waals surface area contributed by atoms with Crippen LogP contribution in [0.25, 0.3) is 11.6 Å². The summed E-state index contributed by atoms with van der Waals surface area (Å²) >= 11 is 1.99. The Bertz CT molecular complexity index is 558. The molecule has 0 N–H and O–H groups in total. The molecule has 1 saturated heterocycles. The Labute approximate surface area is 116 Å². The van der Waals surface area contributed by atoms with Gasteiger partial charge >= 0.3 is 0 Å². The van der Waals surface area contributed by atoms with Crippen molar-refractivity contribution in [3.8, 4) is 11.6 Å². The van der Waals surface area contributed by atoms with Gasteiger partial charge in [-0.2, -0.15) is 11.8 Å². The van der Waals surface area contributed by atoms with Crippen LogP contribution in [0.15, 0.2) is 4.42 Å². The molecule has 2 aromatic rings. The molecule has 19 heavy (non-hydrogen) atoms. The normalized spacial score (nSPS) is 16.9. The van der Waals surface area contributed by atoms with Crippen molar-refractivity contribution in [2.75, 3.05) is 11.5 Å². The van der Waals surface area contributed by atoms with Crippen molar-refractivity contribution in [1.29, 1.82) is 0 Å². The number of hydrogen-bond acceptors (Lipinski definition) is 6. The highest BCUT2D eigenvalue weighted by atomic mass is 32.2. The Hall–Kier alpha value is -1.37. The van der Waals surface area contributed by atoms with Crippen LogP contribution in [0.5, 0.6) is 0 Å². The molecule has 1 aliphatic rings. The van der Waals surface area contributed by atoms with Crippen molar-refractivity contribution < 1.29 is 4.42 Å². The molecule has 0 spiro atoms. The van der Waals surface area contributed by atoms with E-state index < -0.39 is 0 Å². The molecular formula is C12H17N5OS. The molecule has 0 radical (unpaired) electrons. The standard InChI is InChI=1S/C12H17N5OS/c1-3-17-10(8(2)13-16-17)12-15-14-11(18-12)9-4-6-19-7-5-9/h9H,3-7H2,1-2H3. The number of thioether (sulfide) groups is 1. The van der Waals surface area contributed by atoms with Crippen LogP contribution in [0.4, 0.5) is 0 Å². The smallest absolute Gasteiger partial charge is 0.267 e. The third-order valence-electron chi connectivity index (χ3n) is 3.42. The fraction of sp³-hybridized carbons (Fsp3) is 0.667. The predicted molar refractivity (Wildman–Crippen MR) is 73.0 cm³/mol. The fourth-order valence-corrected chi connectivity index (χ4v) is 3.43. The molecule has 1 fully saturated rings. The second-order valence-electron chi connectivity index (χ2n) is 4.67. The third kappa shape index (κ3) is 2.39. The van der Waals surface area contributed by atoms with Crippen molar-refractivity contribution in [3.63, 3.8) is 0 Å². The minimum absolute atomic E-state index is 0.411. The van der Waals surface area contributed by atoms with Crippen molar-refractivity contribution in [3.05, 3.63) is 11.6 Å². The SMILES string of the molecule is CCn1nnc(C)c1-c1nnc(C2CCSCC2)o1. The molecule has 0 aromatic carbocycles. The summed E-state index contributed by atoms with van der Waals surface area (Å²) in [5.74, 6) is 4.07. The van der Waals surface area contributed by atoms with Crippen LogP contribution >= 0.6 is 11.8 Å². The Morgan fingerprint density at radius 1 is 1.26 bits per heavy atom. The highest BCUT2D eigenvalue weighted by Crippen LogP contribution is 2.32. The molecule has 0 amide bonds. The summed E-state index contributed by atoms with van der Waals surface area (Å²) in [5.41, 5.74) is 1.67. The lowest BCUT2D eigenvalue weighted by atomic mass is 10.0. The first-order valence-electron chi connectivity index (χ1n) is 6.61. The van der Waals surface area contributed by atoms with Gasteiger partial charge in [0.2, 0.25) is 5.89 Å². The van der Waals surface area contributed by atoms with E-state index in [4.69, 9.17) is 4.42 Å². The molecular weight excluding hydrogens is 262 g/mol. The maximum atomic E-state index is 5.86. The third-order valence-corrected chi connectivity index (χ3v) is 4.47. The van der Waals surface area contributed by atoms with Crippen LogP contribution in [-0.2, 0) is 6.54 Å². The molecule has 7 heteroatoms. The first-order chi connectivity index (χ1) is 9.29. The van der Waals surface area contributed by atoms with E-state index in [0.29, 0.717) is 11.8 Å². The maximum Gasteiger partial charge on any atom is 0.267 e. The monoisotopic (exact) mass is 279 g/mol. The van der Waals surface area contributed by atoms with Gasteiger partial charge in [0.25, 0.3) is 5.89 Å². The van der Waals surface area contributed by atoms with Gasteiger partial charge in [-0.3, -0.25) is 0 Å². The highest BCUT2D eigenvalue weighted by Gasteiger charge is 2.24. The Balaban J connectivity index is 1.89. The largest absolute Gasteiger partial charge is 0.419 e. The van der Waals surface area contributed by atoms with E-state index in [0.717, 1.165) is 36.7 Å². The zero-order valence-electron chi connectivity index (χ0n) is 11.2. The number of rotatable bonds is 3. The van der Waals surface area contributed by atoms with E-state index in [2.05, 4.69) is 20.5 Å². The highest BCUT2D eigenvalue weighted by molar-refractivity contribution is 7.99. The Morgan fingerprint density at radius 2 is 2.05 bits per heavy atom.